The second kappa shape index (κ2) is 3.69. The minimum Gasteiger partial charge on any atom is -0.493 e. The summed E-state index contributed by atoms with van der Waals surface area (Å²) < 4.78 is 9.12. The van der Waals surface area contributed by atoms with E-state index >= 15 is 0 Å². The molecule has 2 rings (SSSR count). The molecule has 1 aromatic carbocycles. The smallest absolute Gasteiger partial charge is 0.158 e. The highest BCUT2D eigenvalue weighted by Crippen LogP contribution is 2.34. The normalized spacial score (nSPS) is 10.9. The summed E-state index contributed by atoms with van der Waals surface area (Å²) in [6.07, 6.45) is 0. The van der Waals surface area contributed by atoms with E-state index < -0.39 is 0 Å². The van der Waals surface area contributed by atoms with Crippen LogP contribution < -0.4 is 4.74 Å². The van der Waals surface area contributed by atoms with Gasteiger partial charge < -0.3 is 4.74 Å². The van der Waals surface area contributed by atoms with Crippen molar-refractivity contribution in [2.75, 3.05) is 7.11 Å². The highest BCUT2D eigenvalue weighted by molar-refractivity contribution is 14.1. The first-order valence-corrected chi connectivity index (χ1v) is 5.87. The van der Waals surface area contributed by atoms with Gasteiger partial charge in [0.25, 0.3) is 0 Å². The predicted molar refractivity (Wildman–Crippen MR) is 67.7 cm³/mol. The minimum atomic E-state index is 0.834. The van der Waals surface area contributed by atoms with Crippen LogP contribution in [0.3, 0.4) is 0 Å². The number of hydrogen-bond acceptors (Lipinski definition) is 2. The van der Waals surface area contributed by atoms with Crippen molar-refractivity contribution in [1.82, 2.24) is 9.78 Å². The maximum absolute atomic E-state index is 5.34. The molecule has 0 saturated carbocycles. The van der Waals surface area contributed by atoms with Gasteiger partial charge in [0.1, 0.15) is 9.22 Å². The molecule has 0 unspecified atom stereocenters. The summed E-state index contributed by atoms with van der Waals surface area (Å²) in [5.74, 6) is 0.834. The molecule has 5 heteroatoms. The zero-order valence-electron chi connectivity index (χ0n) is 7.71. The van der Waals surface area contributed by atoms with E-state index in [1.165, 1.54) is 0 Å². The number of ether oxygens (including phenoxy) is 1. The monoisotopic (exact) mass is 366 g/mol. The lowest BCUT2D eigenvalue weighted by molar-refractivity contribution is 0.414. The van der Waals surface area contributed by atoms with Crippen molar-refractivity contribution in [3.63, 3.8) is 0 Å². The molecular formula is C9H8BrIN2O. The Balaban J connectivity index is 2.92. The van der Waals surface area contributed by atoms with Crippen LogP contribution in [0.15, 0.2) is 16.6 Å². The van der Waals surface area contributed by atoms with Crippen LogP contribution in [-0.4, -0.2) is 16.9 Å². The number of benzene rings is 1. The van der Waals surface area contributed by atoms with Gasteiger partial charge in [-0.3, -0.25) is 4.68 Å². The third-order valence-corrected chi connectivity index (χ3v) is 3.49. The van der Waals surface area contributed by atoms with E-state index in [0.29, 0.717) is 0 Å². The van der Waals surface area contributed by atoms with Crippen molar-refractivity contribution in [2.45, 2.75) is 0 Å². The van der Waals surface area contributed by atoms with Crippen LogP contribution in [-0.2, 0) is 7.05 Å². The third-order valence-electron chi connectivity index (χ3n) is 2.07. The molecule has 0 spiro atoms. The van der Waals surface area contributed by atoms with Crippen LogP contribution in [0, 0.1) is 3.70 Å². The highest BCUT2D eigenvalue weighted by atomic mass is 127. The van der Waals surface area contributed by atoms with Crippen LogP contribution in [0.25, 0.3) is 10.9 Å². The summed E-state index contributed by atoms with van der Waals surface area (Å²) in [4.78, 5) is 0. The molecule has 0 atom stereocenters. The molecule has 0 N–H and O–H groups in total. The summed E-state index contributed by atoms with van der Waals surface area (Å²) >= 11 is 5.67. The van der Waals surface area contributed by atoms with Gasteiger partial charge in [0, 0.05) is 12.4 Å². The number of aryl methyl sites for hydroxylation is 1. The molecule has 0 aliphatic heterocycles. The van der Waals surface area contributed by atoms with Gasteiger partial charge in [-0.2, -0.15) is 5.10 Å². The number of hydrogen-bond donors (Lipinski definition) is 0. The van der Waals surface area contributed by atoms with E-state index in [-0.39, 0.29) is 0 Å². The van der Waals surface area contributed by atoms with Crippen LogP contribution in [0.2, 0.25) is 0 Å². The first kappa shape index (κ1) is 10.2. The summed E-state index contributed by atoms with van der Waals surface area (Å²) in [6.45, 7) is 0. The minimum absolute atomic E-state index is 0.834. The molecule has 2 aromatic rings. The topological polar surface area (TPSA) is 27.1 Å². The van der Waals surface area contributed by atoms with Crippen LogP contribution in [0.4, 0.5) is 0 Å². The van der Waals surface area contributed by atoms with Crippen molar-refractivity contribution in [3.8, 4) is 5.75 Å². The van der Waals surface area contributed by atoms with Crippen LogP contribution >= 0.6 is 38.5 Å². The Morgan fingerprint density at radius 1 is 1.50 bits per heavy atom. The Labute approximate surface area is 104 Å². The molecule has 14 heavy (non-hydrogen) atoms. The third kappa shape index (κ3) is 1.42. The molecule has 3 nitrogen and oxygen atoms in total. The van der Waals surface area contributed by atoms with E-state index in [2.05, 4.69) is 43.6 Å². The number of methoxy groups -OCH3 is 1. The number of nitrogens with zero attached hydrogens (tertiary/aromatic N) is 2. The number of aromatic nitrogens is 2. The van der Waals surface area contributed by atoms with Gasteiger partial charge in [0.15, 0.2) is 5.75 Å². The van der Waals surface area contributed by atoms with Gasteiger partial charge in [0.2, 0.25) is 0 Å². The van der Waals surface area contributed by atoms with E-state index in [1.807, 2.05) is 23.9 Å². The molecule has 0 fully saturated rings. The Morgan fingerprint density at radius 2 is 2.21 bits per heavy atom. The van der Waals surface area contributed by atoms with Crippen molar-refractivity contribution < 1.29 is 4.74 Å². The standard InChI is InChI=1S/C9H8BrIN2O/c1-13-7-5(9(11)12-13)3-4-6(10)8(7)14-2/h3-4H,1-2H3. The molecule has 0 aliphatic carbocycles. The van der Waals surface area contributed by atoms with E-state index in [4.69, 9.17) is 4.74 Å². The lowest BCUT2D eigenvalue weighted by Crippen LogP contribution is -1.93. The lowest BCUT2D eigenvalue weighted by Gasteiger charge is -2.05. The maximum Gasteiger partial charge on any atom is 0.158 e. The highest BCUT2D eigenvalue weighted by Gasteiger charge is 2.13. The average molecular weight is 367 g/mol. The SMILES string of the molecule is COc1c(Br)ccc2c(I)nn(C)c12. The molecule has 1 heterocycles. The van der Waals surface area contributed by atoms with Gasteiger partial charge in [0.05, 0.1) is 11.6 Å². The van der Waals surface area contributed by atoms with Gasteiger partial charge in [-0.05, 0) is 50.7 Å². The fraction of sp³-hybridized carbons (Fsp3) is 0.222. The fourth-order valence-corrected chi connectivity index (χ4v) is 2.70. The summed E-state index contributed by atoms with van der Waals surface area (Å²) in [7, 11) is 3.58. The Hall–Kier alpha value is -0.300. The predicted octanol–water partition coefficient (Wildman–Crippen LogP) is 2.95. The molecule has 0 aliphatic rings. The number of halogens is 2. The maximum atomic E-state index is 5.34. The molecule has 0 amide bonds. The second-order valence-corrected chi connectivity index (χ2v) is 4.77. The van der Waals surface area contributed by atoms with Crippen molar-refractivity contribution in [2.24, 2.45) is 7.05 Å². The summed E-state index contributed by atoms with van der Waals surface area (Å²) in [5, 5.41) is 5.46. The Kier molecular flexibility index (Phi) is 2.70. The van der Waals surface area contributed by atoms with E-state index in [1.54, 1.807) is 7.11 Å². The first-order valence-electron chi connectivity index (χ1n) is 4.00. The van der Waals surface area contributed by atoms with Gasteiger partial charge in [-0.1, -0.05) is 0 Å². The van der Waals surface area contributed by atoms with Crippen LogP contribution in [0.5, 0.6) is 5.75 Å². The molecule has 0 bridgehead atoms. The number of fused-ring (bicyclic) bond motifs is 1. The zero-order valence-corrected chi connectivity index (χ0v) is 11.5. The Morgan fingerprint density at radius 3 is 2.86 bits per heavy atom. The van der Waals surface area contributed by atoms with E-state index in [0.717, 1.165) is 24.8 Å². The average Bonchev–Trinajstić information content (AvgIpc) is 2.43. The quantitative estimate of drug-likeness (QED) is 0.725. The van der Waals surface area contributed by atoms with Crippen molar-refractivity contribution in [1.29, 1.82) is 0 Å². The lowest BCUT2D eigenvalue weighted by atomic mass is 10.2. The summed E-state index contributed by atoms with van der Waals surface area (Å²) in [5.41, 5.74) is 1.02. The second-order valence-electron chi connectivity index (χ2n) is 2.89. The first-order chi connectivity index (χ1) is 6.65. The Bertz CT molecular complexity index is 495. The van der Waals surface area contributed by atoms with Crippen LogP contribution in [0.1, 0.15) is 0 Å². The summed E-state index contributed by atoms with van der Waals surface area (Å²) in [6, 6.07) is 4.02. The number of rotatable bonds is 1. The molecule has 0 radical (unpaired) electrons. The molecule has 1 aromatic heterocycles. The van der Waals surface area contributed by atoms with Gasteiger partial charge in [-0.15, -0.1) is 0 Å². The van der Waals surface area contributed by atoms with Gasteiger partial charge >= 0.3 is 0 Å². The fourth-order valence-electron chi connectivity index (χ4n) is 1.46. The largest absolute Gasteiger partial charge is 0.493 e. The van der Waals surface area contributed by atoms with Crippen molar-refractivity contribution in [3.05, 3.63) is 20.3 Å². The van der Waals surface area contributed by atoms with Gasteiger partial charge in [-0.25, -0.2) is 0 Å². The molecule has 0 saturated heterocycles. The van der Waals surface area contributed by atoms with E-state index in [9.17, 15) is 0 Å². The molecule has 74 valence electrons. The molecular weight excluding hydrogens is 359 g/mol. The zero-order chi connectivity index (χ0) is 10.3. The van der Waals surface area contributed by atoms with Crippen molar-refractivity contribution >= 4 is 49.4 Å².